The lowest BCUT2D eigenvalue weighted by molar-refractivity contribution is -0.115. The highest BCUT2D eigenvalue weighted by molar-refractivity contribution is 8.00. The van der Waals surface area contributed by atoms with Crippen molar-refractivity contribution < 1.29 is 9.59 Å². The van der Waals surface area contributed by atoms with Crippen LogP contribution in [0.15, 0.2) is 71.6 Å². The van der Waals surface area contributed by atoms with Crippen molar-refractivity contribution in [2.75, 3.05) is 10.6 Å². The average molecular weight is 364 g/mol. The van der Waals surface area contributed by atoms with Gasteiger partial charge < -0.3 is 10.6 Å². The topological polar surface area (TPSA) is 58.2 Å². The quantitative estimate of drug-likeness (QED) is 0.632. The van der Waals surface area contributed by atoms with Crippen molar-refractivity contribution in [3.05, 3.63) is 66.7 Å². The van der Waals surface area contributed by atoms with Gasteiger partial charge in [0.15, 0.2) is 0 Å². The minimum absolute atomic E-state index is 0.0452. The highest BCUT2D eigenvalue weighted by atomic mass is 32.2. The summed E-state index contributed by atoms with van der Waals surface area (Å²) in [4.78, 5) is 24.5. The number of rotatable bonds is 5. The lowest BCUT2D eigenvalue weighted by Gasteiger charge is -2.13. The van der Waals surface area contributed by atoms with E-state index in [9.17, 15) is 9.59 Å². The number of anilines is 2. The Morgan fingerprint density at radius 1 is 0.846 bits per heavy atom. The second kappa shape index (κ2) is 8.06. The Morgan fingerprint density at radius 3 is 2.19 bits per heavy atom. The number of benzene rings is 3. The summed E-state index contributed by atoms with van der Waals surface area (Å²) >= 11 is 1.48. The van der Waals surface area contributed by atoms with Gasteiger partial charge >= 0.3 is 0 Å². The van der Waals surface area contributed by atoms with Crippen LogP contribution >= 0.6 is 11.8 Å². The normalized spacial score (nSPS) is 11.8. The molecule has 0 aromatic heterocycles. The molecule has 0 heterocycles. The highest BCUT2D eigenvalue weighted by Crippen LogP contribution is 2.26. The van der Waals surface area contributed by atoms with Gasteiger partial charge in [0, 0.05) is 23.2 Å². The molecule has 4 nitrogen and oxygen atoms in total. The number of carbonyl (C=O) groups excluding carboxylic acids is 2. The Morgan fingerprint density at radius 2 is 1.50 bits per heavy atom. The summed E-state index contributed by atoms with van der Waals surface area (Å²) in [6, 6.07) is 21.4. The molecule has 5 heteroatoms. The van der Waals surface area contributed by atoms with Gasteiger partial charge in [0.2, 0.25) is 11.8 Å². The molecule has 0 fully saturated rings. The first-order valence-corrected chi connectivity index (χ1v) is 9.23. The highest BCUT2D eigenvalue weighted by Gasteiger charge is 2.15. The zero-order valence-corrected chi connectivity index (χ0v) is 15.5. The molecule has 2 amide bonds. The van der Waals surface area contributed by atoms with E-state index in [1.54, 1.807) is 0 Å². The Hall–Kier alpha value is -2.79. The molecule has 0 bridgehead atoms. The molecule has 3 rings (SSSR count). The molecule has 0 saturated heterocycles. The first-order chi connectivity index (χ1) is 12.5. The summed E-state index contributed by atoms with van der Waals surface area (Å²) in [5, 5.41) is 7.70. The molecule has 0 aliphatic heterocycles. The fraction of sp³-hybridized carbons (Fsp3) is 0.143. The number of amides is 2. The van der Waals surface area contributed by atoms with Crippen LogP contribution in [0.1, 0.15) is 13.8 Å². The Balaban J connectivity index is 1.62. The number of hydrogen-bond acceptors (Lipinski definition) is 3. The van der Waals surface area contributed by atoms with E-state index in [0.29, 0.717) is 0 Å². The van der Waals surface area contributed by atoms with Gasteiger partial charge in [-0.2, -0.15) is 0 Å². The maximum absolute atomic E-state index is 12.5. The second-order valence-corrected chi connectivity index (χ2v) is 7.43. The Bertz CT molecular complexity index is 938. The predicted octanol–water partition coefficient (Wildman–Crippen LogP) is 4.92. The molecule has 0 spiro atoms. The Labute approximate surface area is 157 Å². The standard InChI is InChI=1S/C21H20N2O2S/c1-14(26-20-11-9-18(10-12-20)22-15(2)24)21(25)23-19-8-7-16-5-3-4-6-17(16)13-19/h3-14H,1-2H3,(H,22,24)(H,23,25). The monoisotopic (exact) mass is 364 g/mol. The van der Waals surface area contributed by atoms with Gasteiger partial charge in [-0.3, -0.25) is 9.59 Å². The molecule has 1 unspecified atom stereocenters. The maximum atomic E-state index is 12.5. The number of fused-ring (bicyclic) bond motifs is 1. The van der Waals surface area contributed by atoms with Crippen molar-refractivity contribution in [1.82, 2.24) is 0 Å². The van der Waals surface area contributed by atoms with Gasteiger partial charge in [0.05, 0.1) is 5.25 Å². The summed E-state index contributed by atoms with van der Waals surface area (Å²) in [5.74, 6) is -0.148. The first kappa shape index (κ1) is 18.0. The van der Waals surface area contributed by atoms with E-state index in [1.807, 2.05) is 73.7 Å². The molecular weight excluding hydrogens is 344 g/mol. The minimum atomic E-state index is -0.243. The lowest BCUT2D eigenvalue weighted by atomic mass is 10.1. The van der Waals surface area contributed by atoms with Crippen LogP contribution < -0.4 is 10.6 Å². The van der Waals surface area contributed by atoms with Crippen molar-refractivity contribution in [2.45, 2.75) is 24.0 Å². The summed E-state index contributed by atoms with van der Waals surface area (Å²) in [6.45, 7) is 3.35. The molecule has 1 atom stereocenters. The fourth-order valence-electron chi connectivity index (χ4n) is 2.59. The SMILES string of the molecule is CC(=O)Nc1ccc(SC(C)C(=O)Nc2ccc3ccccc3c2)cc1. The summed E-state index contributed by atoms with van der Waals surface area (Å²) in [5.41, 5.74) is 1.54. The van der Waals surface area contributed by atoms with Crippen LogP contribution in [0.3, 0.4) is 0 Å². The molecule has 132 valence electrons. The van der Waals surface area contributed by atoms with Gasteiger partial charge in [0.25, 0.3) is 0 Å². The summed E-state index contributed by atoms with van der Waals surface area (Å²) < 4.78 is 0. The number of thioether (sulfide) groups is 1. The lowest BCUT2D eigenvalue weighted by Crippen LogP contribution is -2.22. The van der Waals surface area contributed by atoms with E-state index in [0.717, 1.165) is 27.0 Å². The van der Waals surface area contributed by atoms with E-state index in [-0.39, 0.29) is 17.1 Å². The largest absolute Gasteiger partial charge is 0.326 e. The zero-order chi connectivity index (χ0) is 18.5. The van der Waals surface area contributed by atoms with E-state index in [4.69, 9.17) is 0 Å². The van der Waals surface area contributed by atoms with E-state index < -0.39 is 0 Å². The van der Waals surface area contributed by atoms with E-state index in [1.165, 1.54) is 18.7 Å². The van der Waals surface area contributed by atoms with Crippen LogP contribution in [-0.4, -0.2) is 17.1 Å². The van der Waals surface area contributed by atoms with Gasteiger partial charge in [0.1, 0.15) is 0 Å². The van der Waals surface area contributed by atoms with Crippen molar-refractivity contribution in [3.8, 4) is 0 Å². The molecule has 2 N–H and O–H groups in total. The molecule has 0 radical (unpaired) electrons. The Kier molecular flexibility index (Phi) is 5.58. The van der Waals surface area contributed by atoms with E-state index in [2.05, 4.69) is 10.6 Å². The zero-order valence-electron chi connectivity index (χ0n) is 14.7. The number of nitrogens with one attached hydrogen (secondary N) is 2. The second-order valence-electron chi connectivity index (χ2n) is 6.02. The molecule has 3 aromatic rings. The van der Waals surface area contributed by atoms with E-state index >= 15 is 0 Å². The summed E-state index contributed by atoms with van der Waals surface area (Å²) in [6.07, 6.45) is 0. The first-order valence-electron chi connectivity index (χ1n) is 8.35. The molecule has 3 aromatic carbocycles. The molecule has 0 aliphatic rings. The third-order valence-corrected chi connectivity index (χ3v) is 4.99. The smallest absolute Gasteiger partial charge is 0.237 e. The third kappa shape index (κ3) is 4.64. The van der Waals surface area contributed by atoms with Crippen molar-refractivity contribution in [3.63, 3.8) is 0 Å². The van der Waals surface area contributed by atoms with Gasteiger partial charge in [-0.05, 0) is 54.1 Å². The summed E-state index contributed by atoms with van der Waals surface area (Å²) in [7, 11) is 0. The van der Waals surface area contributed by atoms with Crippen LogP contribution in [0.2, 0.25) is 0 Å². The van der Waals surface area contributed by atoms with Gasteiger partial charge in [-0.25, -0.2) is 0 Å². The number of carbonyl (C=O) groups is 2. The predicted molar refractivity (Wildman–Crippen MR) is 109 cm³/mol. The number of hydrogen-bond donors (Lipinski definition) is 2. The van der Waals surface area contributed by atoms with Crippen LogP contribution in [0.4, 0.5) is 11.4 Å². The maximum Gasteiger partial charge on any atom is 0.237 e. The third-order valence-electron chi connectivity index (χ3n) is 3.87. The molecular formula is C21H20N2O2S. The average Bonchev–Trinajstić information content (AvgIpc) is 2.62. The molecule has 0 saturated carbocycles. The van der Waals surface area contributed by atoms with Crippen LogP contribution in [0, 0.1) is 0 Å². The van der Waals surface area contributed by atoms with Crippen LogP contribution in [0.5, 0.6) is 0 Å². The molecule has 26 heavy (non-hydrogen) atoms. The van der Waals surface area contributed by atoms with Crippen molar-refractivity contribution in [2.24, 2.45) is 0 Å². The van der Waals surface area contributed by atoms with Crippen LogP contribution in [0.25, 0.3) is 10.8 Å². The molecule has 0 aliphatic carbocycles. The minimum Gasteiger partial charge on any atom is -0.326 e. The van der Waals surface area contributed by atoms with Gasteiger partial charge in [-0.1, -0.05) is 30.3 Å². The van der Waals surface area contributed by atoms with Crippen molar-refractivity contribution >= 4 is 45.7 Å². The van der Waals surface area contributed by atoms with Crippen molar-refractivity contribution in [1.29, 1.82) is 0 Å². The fourth-order valence-corrected chi connectivity index (χ4v) is 3.46. The van der Waals surface area contributed by atoms with Gasteiger partial charge in [-0.15, -0.1) is 11.8 Å². The van der Waals surface area contributed by atoms with Crippen LogP contribution in [-0.2, 0) is 9.59 Å².